The summed E-state index contributed by atoms with van der Waals surface area (Å²) in [6, 6.07) is 2.96. The van der Waals surface area contributed by atoms with Crippen molar-refractivity contribution in [1.29, 1.82) is 0 Å². The standard InChI is InChI=1S/C20H27N3O4/c21-18(24)17(9-12-1-2-12)22-19(25)16-6-5-15(14-7-8-26-11-14)20(23-16)27-10-13-3-4-13/h5-6,12-14,17H,1-4,7-11H2,(H2,21,24)(H,22,25). The smallest absolute Gasteiger partial charge is 0.270 e. The first kappa shape index (κ1) is 18.2. The van der Waals surface area contributed by atoms with Crippen molar-refractivity contribution >= 4 is 11.8 Å². The van der Waals surface area contributed by atoms with E-state index >= 15 is 0 Å². The number of primary amides is 1. The minimum atomic E-state index is -0.648. The Balaban J connectivity index is 1.49. The SMILES string of the molecule is NC(=O)C(CC1CC1)NC(=O)c1ccc(C2CCOC2)c(OCC2CC2)n1. The summed E-state index contributed by atoms with van der Waals surface area (Å²) in [6.07, 6.45) is 6.08. The second-order valence-electron chi connectivity index (χ2n) is 8.01. The Bertz CT molecular complexity index is 709. The molecule has 1 aliphatic heterocycles. The number of nitrogens with zero attached hydrogens (tertiary/aromatic N) is 1. The van der Waals surface area contributed by atoms with E-state index < -0.39 is 11.9 Å². The van der Waals surface area contributed by atoms with Crippen LogP contribution in [0.5, 0.6) is 5.88 Å². The van der Waals surface area contributed by atoms with Crippen LogP contribution in [0.2, 0.25) is 0 Å². The van der Waals surface area contributed by atoms with Gasteiger partial charge in [0.05, 0.1) is 13.2 Å². The predicted octanol–water partition coefficient (Wildman–Crippen LogP) is 1.76. The Kier molecular flexibility index (Phi) is 5.29. The van der Waals surface area contributed by atoms with Crippen molar-refractivity contribution in [3.8, 4) is 5.88 Å². The lowest BCUT2D eigenvalue weighted by Crippen LogP contribution is -2.45. The van der Waals surface area contributed by atoms with Gasteiger partial charge < -0.3 is 20.5 Å². The molecule has 7 nitrogen and oxygen atoms in total. The topological polar surface area (TPSA) is 104 Å². The fraction of sp³-hybridized carbons (Fsp3) is 0.650. The highest BCUT2D eigenvalue weighted by Gasteiger charge is 2.30. The zero-order valence-corrected chi connectivity index (χ0v) is 15.5. The molecule has 146 valence electrons. The Morgan fingerprint density at radius 3 is 2.63 bits per heavy atom. The van der Waals surface area contributed by atoms with Gasteiger partial charge in [-0.2, -0.15) is 0 Å². The van der Waals surface area contributed by atoms with Crippen LogP contribution in [0.3, 0.4) is 0 Å². The lowest BCUT2D eigenvalue weighted by Gasteiger charge is -2.17. The Hall–Kier alpha value is -2.15. The van der Waals surface area contributed by atoms with Gasteiger partial charge in [0.25, 0.3) is 5.91 Å². The molecule has 0 radical (unpaired) electrons. The summed E-state index contributed by atoms with van der Waals surface area (Å²) in [6.45, 7) is 2.01. The largest absolute Gasteiger partial charge is 0.477 e. The summed E-state index contributed by atoms with van der Waals surface area (Å²) < 4.78 is 11.4. The summed E-state index contributed by atoms with van der Waals surface area (Å²) in [5.74, 6) is 0.956. The van der Waals surface area contributed by atoms with E-state index in [0.717, 1.165) is 31.4 Å². The van der Waals surface area contributed by atoms with Crippen molar-refractivity contribution in [2.24, 2.45) is 17.6 Å². The van der Waals surface area contributed by atoms with E-state index in [9.17, 15) is 9.59 Å². The van der Waals surface area contributed by atoms with Crippen molar-refractivity contribution in [2.75, 3.05) is 19.8 Å². The van der Waals surface area contributed by atoms with Crippen LogP contribution in [0.25, 0.3) is 0 Å². The molecule has 1 saturated heterocycles. The fourth-order valence-electron chi connectivity index (χ4n) is 3.43. The maximum atomic E-state index is 12.6. The number of nitrogens with one attached hydrogen (secondary N) is 1. The number of amides is 2. The van der Waals surface area contributed by atoms with Gasteiger partial charge in [0.2, 0.25) is 11.8 Å². The monoisotopic (exact) mass is 373 g/mol. The van der Waals surface area contributed by atoms with Gasteiger partial charge in [0.15, 0.2) is 0 Å². The molecular weight excluding hydrogens is 346 g/mol. The minimum absolute atomic E-state index is 0.247. The third-order valence-corrected chi connectivity index (χ3v) is 5.56. The van der Waals surface area contributed by atoms with Gasteiger partial charge in [-0.15, -0.1) is 0 Å². The van der Waals surface area contributed by atoms with Gasteiger partial charge in [-0.1, -0.05) is 18.9 Å². The van der Waals surface area contributed by atoms with Crippen LogP contribution in [0.1, 0.15) is 60.5 Å². The lowest BCUT2D eigenvalue weighted by molar-refractivity contribution is -0.120. The first-order chi connectivity index (χ1) is 13.1. The number of nitrogens with two attached hydrogens (primary N) is 1. The zero-order valence-electron chi connectivity index (χ0n) is 15.5. The number of ether oxygens (including phenoxy) is 2. The number of rotatable bonds is 9. The molecule has 2 unspecified atom stereocenters. The summed E-state index contributed by atoms with van der Waals surface area (Å²) in [5, 5.41) is 2.74. The third-order valence-electron chi connectivity index (χ3n) is 5.56. The van der Waals surface area contributed by atoms with E-state index in [0.29, 0.717) is 37.4 Å². The predicted molar refractivity (Wildman–Crippen MR) is 98.4 cm³/mol. The summed E-state index contributed by atoms with van der Waals surface area (Å²) in [5.41, 5.74) is 6.70. The molecule has 3 N–H and O–H groups in total. The normalized spacial score (nSPS) is 23.0. The first-order valence-electron chi connectivity index (χ1n) is 9.92. The summed E-state index contributed by atoms with van der Waals surface area (Å²) in [4.78, 5) is 28.8. The van der Waals surface area contributed by atoms with Crippen LogP contribution in [0, 0.1) is 11.8 Å². The highest BCUT2D eigenvalue weighted by atomic mass is 16.5. The zero-order chi connectivity index (χ0) is 18.8. The quantitative estimate of drug-likeness (QED) is 0.686. The van der Waals surface area contributed by atoms with E-state index in [4.69, 9.17) is 15.2 Å². The molecule has 1 aromatic heterocycles. The summed E-state index contributed by atoms with van der Waals surface area (Å²) >= 11 is 0. The first-order valence-corrected chi connectivity index (χ1v) is 9.92. The number of pyridine rings is 1. The van der Waals surface area contributed by atoms with Crippen LogP contribution in [-0.2, 0) is 9.53 Å². The van der Waals surface area contributed by atoms with Crippen molar-refractivity contribution in [3.05, 3.63) is 23.4 Å². The van der Waals surface area contributed by atoms with Crippen molar-refractivity contribution < 1.29 is 19.1 Å². The molecule has 2 atom stereocenters. The molecule has 1 aromatic rings. The third kappa shape index (κ3) is 4.77. The van der Waals surface area contributed by atoms with Crippen molar-refractivity contribution in [2.45, 2.75) is 50.5 Å². The second-order valence-corrected chi connectivity index (χ2v) is 8.01. The van der Waals surface area contributed by atoms with Crippen molar-refractivity contribution in [1.82, 2.24) is 10.3 Å². The lowest BCUT2D eigenvalue weighted by atomic mass is 9.99. The van der Waals surface area contributed by atoms with Gasteiger partial charge in [-0.05, 0) is 43.6 Å². The van der Waals surface area contributed by atoms with Crippen LogP contribution in [-0.4, -0.2) is 42.7 Å². The molecule has 4 rings (SSSR count). The molecule has 3 aliphatic rings. The number of carbonyl (C=O) groups is 2. The van der Waals surface area contributed by atoms with Crippen LogP contribution >= 0.6 is 0 Å². The molecule has 0 aromatic carbocycles. The van der Waals surface area contributed by atoms with E-state index in [1.54, 1.807) is 6.07 Å². The maximum Gasteiger partial charge on any atom is 0.270 e. The molecule has 2 amide bonds. The maximum absolute atomic E-state index is 12.6. The van der Waals surface area contributed by atoms with E-state index in [1.165, 1.54) is 12.8 Å². The van der Waals surface area contributed by atoms with Crippen LogP contribution in [0.15, 0.2) is 12.1 Å². The molecule has 27 heavy (non-hydrogen) atoms. The van der Waals surface area contributed by atoms with Gasteiger partial charge in [-0.25, -0.2) is 4.98 Å². The Labute approximate surface area is 159 Å². The number of aromatic nitrogens is 1. The number of hydrogen-bond donors (Lipinski definition) is 2. The molecule has 7 heteroatoms. The van der Waals surface area contributed by atoms with Gasteiger partial charge in [0, 0.05) is 18.1 Å². The summed E-state index contributed by atoms with van der Waals surface area (Å²) in [7, 11) is 0. The molecule has 2 saturated carbocycles. The van der Waals surface area contributed by atoms with Gasteiger partial charge in [-0.3, -0.25) is 9.59 Å². The van der Waals surface area contributed by atoms with Gasteiger partial charge >= 0.3 is 0 Å². The highest BCUT2D eigenvalue weighted by Crippen LogP contribution is 2.35. The fourth-order valence-corrected chi connectivity index (χ4v) is 3.43. The second kappa shape index (κ2) is 7.84. The van der Waals surface area contributed by atoms with E-state index in [-0.39, 0.29) is 17.5 Å². The van der Waals surface area contributed by atoms with E-state index in [2.05, 4.69) is 10.3 Å². The van der Waals surface area contributed by atoms with Crippen LogP contribution < -0.4 is 15.8 Å². The average molecular weight is 373 g/mol. The minimum Gasteiger partial charge on any atom is -0.477 e. The number of hydrogen-bond acceptors (Lipinski definition) is 5. The Morgan fingerprint density at radius 2 is 2.00 bits per heavy atom. The average Bonchev–Trinajstić information content (AvgIpc) is 3.59. The molecule has 2 heterocycles. The molecule has 0 spiro atoms. The van der Waals surface area contributed by atoms with Gasteiger partial charge in [0.1, 0.15) is 11.7 Å². The molecular formula is C20H27N3O4. The molecule has 2 aliphatic carbocycles. The number of carbonyl (C=O) groups excluding carboxylic acids is 2. The van der Waals surface area contributed by atoms with E-state index in [1.807, 2.05) is 6.07 Å². The van der Waals surface area contributed by atoms with Crippen LogP contribution in [0.4, 0.5) is 0 Å². The Morgan fingerprint density at radius 1 is 1.22 bits per heavy atom. The highest BCUT2D eigenvalue weighted by molar-refractivity contribution is 5.96. The van der Waals surface area contributed by atoms with Crippen molar-refractivity contribution in [3.63, 3.8) is 0 Å². The molecule has 0 bridgehead atoms. The molecule has 3 fully saturated rings.